The molecule has 4 N–H and O–H groups in total. The van der Waals surface area contributed by atoms with Gasteiger partial charge in [-0.05, 0) is 65.4 Å². The number of amides is 4. The Bertz CT molecular complexity index is 2820. The molecule has 1 aromatic heterocycles. The first-order valence-electron chi connectivity index (χ1n) is 23.5. The number of carbonyl (C=O) groups excluding carboxylic acids is 4. The largest absolute Gasteiger partial charge is 0.491 e. The minimum Gasteiger partial charge on any atom is -0.491 e. The number of aliphatic hydroxyl groups is 1. The van der Waals surface area contributed by atoms with Crippen LogP contribution in [0.5, 0.6) is 11.5 Å². The number of nitrogens with zero attached hydrogens (tertiary/aromatic N) is 3. The molecule has 18 heteroatoms. The van der Waals surface area contributed by atoms with Crippen LogP contribution in [0.2, 0.25) is 5.02 Å². The van der Waals surface area contributed by atoms with E-state index in [1.807, 2.05) is 65.0 Å². The monoisotopic (exact) mass is 1020 g/mol. The average Bonchev–Trinajstić information content (AvgIpc) is 3.95. The van der Waals surface area contributed by atoms with Crippen molar-refractivity contribution < 1.29 is 47.3 Å². The maximum Gasteiger partial charge on any atom is 0.251 e. The number of β-amino-alcohol motifs (C(OH)–C–C–N with tert-alkyl or cyclic N) is 1. The second kappa shape index (κ2) is 21.7. The Balaban J connectivity index is 0.866. The molecule has 5 aromatic rings. The maximum atomic E-state index is 15.6. The smallest absolute Gasteiger partial charge is 0.251 e. The SMILES string of the molecule is Cc1ncsc1-c1ccc(CNC(=O)[C@@H]2C[C@@H](O)CN2C(=O)C(NC(=O)COCCOc2ccc(-c3c(F)cc(C(=O)N[C@H]4C(C)(C)[C@H](Oc5ccc(C#N)c(Cl)c5)C4(C)C)cc3F)cc2)C(C)(C)C)cc1. The van der Waals surface area contributed by atoms with Crippen LogP contribution in [-0.4, -0.2) is 95.3 Å². The van der Waals surface area contributed by atoms with Crippen molar-refractivity contribution in [2.45, 2.75) is 98.7 Å². The lowest BCUT2D eigenvalue weighted by Gasteiger charge is -2.63. The number of carbonyl (C=O) groups is 4. The van der Waals surface area contributed by atoms with E-state index in [2.05, 4.69) is 20.9 Å². The number of hydrogen-bond donors (Lipinski definition) is 4. The molecule has 72 heavy (non-hydrogen) atoms. The molecule has 4 aromatic carbocycles. The number of nitriles is 1. The number of halogens is 3. The zero-order chi connectivity index (χ0) is 52.3. The summed E-state index contributed by atoms with van der Waals surface area (Å²) < 4.78 is 48.8. The van der Waals surface area contributed by atoms with Gasteiger partial charge in [-0.1, -0.05) is 96.5 Å². The van der Waals surface area contributed by atoms with Crippen molar-refractivity contribution in [2.24, 2.45) is 16.2 Å². The summed E-state index contributed by atoms with van der Waals surface area (Å²) >= 11 is 7.76. The lowest BCUT2D eigenvalue weighted by molar-refractivity contribution is -0.164. The second-order valence-electron chi connectivity index (χ2n) is 20.5. The van der Waals surface area contributed by atoms with E-state index in [1.165, 1.54) is 29.2 Å². The van der Waals surface area contributed by atoms with Gasteiger partial charge in [0.05, 0.1) is 44.9 Å². The van der Waals surface area contributed by atoms with Gasteiger partial charge in [0.25, 0.3) is 5.91 Å². The first-order valence-corrected chi connectivity index (χ1v) is 24.8. The van der Waals surface area contributed by atoms with Crippen LogP contribution in [0, 0.1) is 46.1 Å². The quantitative estimate of drug-likeness (QED) is 0.0658. The molecule has 1 aliphatic heterocycles. The molecule has 380 valence electrons. The molecule has 0 bridgehead atoms. The third kappa shape index (κ3) is 11.7. The molecule has 1 unspecified atom stereocenters. The number of nitrogens with one attached hydrogen (secondary N) is 3. The van der Waals surface area contributed by atoms with Crippen LogP contribution in [-0.2, 0) is 25.7 Å². The fraction of sp³-hybridized carbons (Fsp3) is 0.407. The molecule has 7 rings (SSSR count). The zero-order valence-electron chi connectivity index (χ0n) is 41.4. The van der Waals surface area contributed by atoms with Crippen molar-refractivity contribution in [3.05, 3.63) is 123 Å². The Kier molecular flexibility index (Phi) is 16.1. The highest BCUT2D eigenvalue weighted by molar-refractivity contribution is 7.13. The minimum absolute atomic E-state index is 0.0147. The lowest BCUT2D eigenvalue weighted by Crippen LogP contribution is -2.74. The Morgan fingerprint density at radius 3 is 2.18 bits per heavy atom. The molecule has 1 aliphatic carbocycles. The van der Waals surface area contributed by atoms with Crippen molar-refractivity contribution in [2.75, 3.05) is 26.4 Å². The van der Waals surface area contributed by atoms with Gasteiger partial charge in [0.2, 0.25) is 17.7 Å². The fourth-order valence-electron chi connectivity index (χ4n) is 9.87. The first kappa shape index (κ1) is 53.4. The van der Waals surface area contributed by atoms with Crippen LogP contribution in [0.15, 0.2) is 84.4 Å². The predicted octanol–water partition coefficient (Wildman–Crippen LogP) is 8.41. The fourth-order valence-corrected chi connectivity index (χ4v) is 10.9. The summed E-state index contributed by atoms with van der Waals surface area (Å²) in [7, 11) is 0. The summed E-state index contributed by atoms with van der Waals surface area (Å²) in [5.74, 6) is -3.15. The highest BCUT2D eigenvalue weighted by atomic mass is 35.5. The predicted molar refractivity (Wildman–Crippen MR) is 269 cm³/mol. The van der Waals surface area contributed by atoms with E-state index in [1.54, 1.807) is 55.8 Å². The number of rotatable bonds is 17. The molecule has 14 nitrogen and oxygen atoms in total. The summed E-state index contributed by atoms with van der Waals surface area (Å²) in [6.07, 6.45) is -1.24. The Morgan fingerprint density at radius 1 is 0.944 bits per heavy atom. The van der Waals surface area contributed by atoms with Gasteiger partial charge in [0, 0.05) is 48.0 Å². The number of aromatic nitrogens is 1. The molecule has 2 heterocycles. The first-order chi connectivity index (χ1) is 34.0. The van der Waals surface area contributed by atoms with E-state index >= 15 is 8.78 Å². The topological polar surface area (TPSA) is 192 Å². The van der Waals surface area contributed by atoms with Crippen LogP contribution in [0.25, 0.3) is 21.6 Å². The number of thiazole rings is 1. The van der Waals surface area contributed by atoms with Crippen molar-refractivity contribution in [3.8, 4) is 39.1 Å². The summed E-state index contributed by atoms with van der Waals surface area (Å²) in [5.41, 5.74) is 2.69. The van der Waals surface area contributed by atoms with Gasteiger partial charge in [-0.3, -0.25) is 19.2 Å². The van der Waals surface area contributed by atoms with Gasteiger partial charge in [0.15, 0.2) is 0 Å². The summed E-state index contributed by atoms with van der Waals surface area (Å²) in [4.78, 5) is 60.7. The van der Waals surface area contributed by atoms with Crippen molar-refractivity contribution >= 4 is 46.6 Å². The van der Waals surface area contributed by atoms with Gasteiger partial charge in [0.1, 0.15) is 60.6 Å². The van der Waals surface area contributed by atoms with E-state index < -0.39 is 82.3 Å². The van der Waals surface area contributed by atoms with Gasteiger partial charge in [-0.2, -0.15) is 5.26 Å². The molecule has 3 atom stereocenters. The van der Waals surface area contributed by atoms with E-state index in [4.69, 9.17) is 25.8 Å². The maximum absolute atomic E-state index is 15.6. The Morgan fingerprint density at radius 2 is 1.58 bits per heavy atom. The molecule has 1 saturated heterocycles. The van der Waals surface area contributed by atoms with Gasteiger partial charge in [-0.25, -0.2) is 13.8 Å². The zero-order valence-corrected chi connectivity index (χ0v) is 43.0. The molecule has 1 saturated carbocycles. The second-order valence-corrected chi connectivity index (χ2v) is 21.7. The number of likely N-dealkylation sites (tertiary alicyclic amines) is 1. The van der Waals surface area contributed by atoms with Crippen molar-refractivity contribution in [1.82, 2.24) is 25.8 Å². The highest BCUT2D eigenvalue weighted by Gasteiger charge is 2.64. The third-order valence-corrected chi connectivity index (χ3v) is 14.6. The number of hydrogen-bond acceptors (Lipinski definition) is 11. The van der Waals surface area contributed by atoms with E-state index in [9.17, 15) is 29.5 Å². The van der Waals surface area contributed by atoms with Crippen LogP contribution in [0.4, 0.5) is 8.78 Å². The summed E-state index contributed by atoms with van der Waals surface area (Å²) in [6.45, 7) is 14.8. The number of ether oxygens (including phenoxy) is 3. The Labute approximate surface area is 427 Å². The summed E-state index contributed by atoms with van der Waals surface area (Å²) in [5, 5.41) is 28.7. The van der Waals surface area contributed by atoms with Crippen LogP contribution in [0.1, 0.15) is 82.1 Å². The van der Waals surface area contributed by atoms with E-state index in [-0.39, 0.29) is 60.5 Å². The molecule has 4 amide bonds. The number of aliphatic hydroxyl groups excluding tert-OH is 1. The van der Waals surface area contributed by atoms with Gasteiger partial charge < -0.3 is 40.2 Å². The molecular weight excluding hydrogens is 966 g/mol. The molecule has 0 radical (unpaired) electrons. The molecular formula is C54H59ClF2N6O8S. The molecule has 2 fully saturated rings. The number of aryl methyl sites for hydroxylation is 1. The highest BCUT2D eigenvalue weighted by Crippen LogP contribution is 2.55. The molecule has 2 aliphatic rings. The third-order valence-electron chi connectivity index (χ3n) is 13.3. The van der Waals surface area contributed by atoms with Crippen LogP contribution >= 0.6 is 22.9 Å². The summed E-state index contributed by atoms with van der Waals surface area (Å²) in [6, 6.07) is 20.2. The van der Waals surface area contributed by atoms with Gasteiger partial charge >= 0.3 is 0 Å². The van der Waals surface area contributed by atoms with E-state index in [0.717, 1.165) is 33.8 Å². The van der Waals surface area contributed by atoms with Crippen molar-refractivity contribution in [3.63, 3.8) is 0 Å². The van der Waals surface area contributed by atoms with Gasteiger partial charge in [-0.15, -0.1) is 11.3 Å². The van der Waals surface area contributed by atoms with E-state index in [0.29, 0.717) is 17.1 Å². The van der Waals surface area contributed by atoms with Crippen LogP contribution < -0.4 is 25.4 Å². The standard InChI is InChI=1S/C54H59ClF2N6O8S/c1-30-45(72-29-60-30)33-11-9-31(10-12-33)26-59-48(67)42-23-36(64)27-63(42)49(68)46(52(2,3)4)61-43(65)28-69-19-20-70-37-16-13-32(14-17-37)44-40(56)21-35(22-41(44)57)47(66)62-50-53(5,6)51(54(50,7)8)71-38-18-15-34(25-58)39(55)24-38/h9-18,21-22,24,29,36,42,46,50-51,64H,19-20,23,26-28H2,1-8H3,(H,59,67)(H,61,65)(H,62,66)/t36-,42+,46?,50-,51-/m1/s1. The van der Waals surface area contributed by atoms with Crippen molar-refractivity contribution in [1.29, 1.82) is 5.26 Å². The van der Waals surface area contributed by atoms with Crippen LogP contribution in [0.3, 0.4) is 0 Å². The number of benzene rings is 4. The normalized spacial score (nSPS) is 19.3. The lowest BCUT2D eigenvalue weighted by atomic mass is 9.49. The molecule has 0 spiro atoms. The Hall–Kier alpha value is -6.45. The minimum atomic E-state index is -1.04. The average molecular weight is 1030 g/mol.